The first-order chi connectivity index (χ1) is 15.0. The summed E-state index contributed by atoms with van der Waals surface area (Å²) in [5.41, 5.74) is 2.10. The van der Waals surface area contributed by atoms with Gasteiger partial charge in [-0.2, -0.15) is 5.10 Å². The van der Waals surface area contributed by atoms with Crippen LogP contribution in [0.15, 0.2) is 54.6 Å². The standard InChI is InChI=1S/C24H26FN5O/c1-17-26-23(28-27-17)21-13-29(12-19-5-3-2-4-6-19)14-24(21)15-30(16-24)22(31)11-18-7-9-20(25)10-8-18/h2-10,21H,11-16H2,1H3,(H,26,27,28). The van der Waals surface area contributed by atoms with Crippen LogP contribution in [0.25, 0.3) is 0 Å². The molecule has 1 atom stereocenters. The summed E-state index contributed by atoms with van der Waals surface area (Å²) >= 11 is 0. The monoisotopic (exact) mass is 419 g/mol. The van der Waals surface area contributed by atoms with E-state index < -0.39 is 0 Å². The van der Waals surface area contributed by atoms with Crippen LogP contribution in [0, 0.1) is 18.2 Å². The van der Waals surface area contributed by atoms with Gasteiger partial charge < -0.3 is 4.90 Å². The lowest BCUT2D eigenvalue weighted by Crippen LogP contribution is -2.61. The summed E-state index contributed by atoms with van der Waals surface area (Å²) in [6.07, 6.45) is 0.300. The Hall–Kier alpha value is -3.06. The maximum atomic E-state index is 13.1. The predicted octanol–water partition coefficient (Wildman–Crippen LogP) is 2.92. The van der Waals surface area contributed by atoms with Crippen LogP contribution in [0.1, 0.15) is 28.7 Å². The molecule has 7 heteroatoms. The lowest BCUT2D eigenvalue weighted by Gasteiger charge is -2.50. The van der Waals surface area contributed by atoms with Crippen LogP contribution in [0.4, 0.5) is 4.39 Å². The number of hydrogen-bond acceptors (Lipinski definition) is 4. The molecule has 160 valence electrons. The molecule has 2 fully saturated rings. The molecule has 0 aliphatic carbocycles. The average Bonchev–Trinajstić information content (AvgIpc) is 3.33. The molecule has 2 aromatic carbocycles. The number of H-pyrrole nitrogens is 1. The minimum Gasteiger partial charge on any atom is -0.341 e. The van der Waals surface area contributed by atoms with Gasteiger partial charge in [0.15, 0.2) is 5.82 Å². The molecule has 0 bridgehead atoms. The third-order valence-corrected chi connectivity index (χ3v) is 6.53. The van der Waals surface area contributed by atoms with Gasteiger partial charge in [0.25, 0.3) is 0 Å². The van der Waals surface area contributed by atoms with E-state index in [1.165, 1.54) is 17.7 Å². The maximum absolute atomic E-state index is 13.1. The molecule has 2 aliphatic heterocycles. The first kappa shape index (κ1) is 19.9. The van der Waals surface area contributed by atoms with E-state index in [-0.39, 0.29) is 23.1 Å². The number of benzene rings is 2. The Bertz CT molecular complexity index is 1060. The van der Waals surface area contributed by atoms with Crippen molar-refractivity contribution in [3.63, 3.8) is 0 Å². The lowest BCUT2D eigenvalue weighted by molar-refractivity contribution is -0.142. The molecule has 1 N–H and O–H groups in total. The van der Waals surface area contributed by atoms with E-state index in [1.807, 2.05) is 17.9 Å². The third-order valence-electron chi connectivity index (χ3n) is 6.53. The van der Waals surface area contributed by atoms with Gasteiger partial charge in [-0.1, -0.05) is 42.5 Å². The molecule has 3 aromatic rings. The van der Waals surface area contributed by atoms with E-state index in [9.17, 15) is 9.18 Å². The zero-order chi connectivity index (χ0) is 21.4. The van der Waals surface area contributed by atoms with Gasteiger partial charge >= 0.3 is 0 Å². The van der Waals surface area contributed by atoms with Gasteiger partial charge in [-0.25, -0.2) is 9.37 Å². The zero-order valence-corrected chi connectivity index (χ0v) is 17.6. The molecular formula is C24H26FN5O. The van der Waals surface area contributed by atoms with Crippen molar-refractivity contribution >= 4 is 5.91 Å². The van der Waals surface area contributed by atoms with Crippen LogP contribution in [0.2, 0.25) is 0 Å². The first-order valence-electron chi connectivity index (χ1n) is 10.7. The number of hydrogen-bond donors (Lipinski definition) is 1. The van der Waals surface area contributed by atoms with Crippen molar-refractivity contribution in [3.8, 4) is 0 Å². The topological polar surface area (TPSA) is 65.1 Å². The van der Waals surface area contributed by atoms with Crippen LogP contribution in [-0.2, 0) is 17.8 Å². The van der Waals surface area contributed by atoms with Gasteiger partial charge in [0.1, 0.15) is 11.6 Å². The first-order valence-corrected chi connectivity index (χ1v) is 10.7. The second-order valence-electron chi connectivity index (χ2n) is 8.90. The van der Waals surface area contributed by atoms with Gasteiger partial charge in [-0.3, -0.25) is 14.8 Å². The second-order valence-corrected chi connectivity index (χ2v) is 8.90. The highest BCUT2D eigenvalue weighted by Crippen LogP contribution is 2.48. The number of nitrogens with one attached hydrogen (secondary N) is 1. The van der Waals surface area contributed by atoms with Gasteiger partial charge in [0.05, 0.1) is 6.42 Å². The number of likely N-dealkylation sites (tertiary alicyclic amines) is 2. The third kappa shape index (κ3) is 3.97. The van der Waals surface area contributed by atoms with Crippen molar-refractivity contribution < 1.29 is 9.18 Å². The molecule has 1 spiro atoms. The van der Waals surface area contributed by atoms with Gasteiger partial charge in [0, 0.05) is 44.1 Å². The molecule has 0 saturated carbocycles. The Kier molecular flexibility index (Phi) is 5.06. The summed E-state index contributed by atoms with van der Waals surface area (Å²) in [4.78, 5) is 21.8. The van der Waals surface area contributed by atoms with Crippen molar-refractivity contribution in [3.05, 3.63) is 83.2 Å². The molecule has 3 heterocycles. The van der Waals surface area contributed by atoms with Crippen molar-refractivity contribution in [1.29, 1.82) is 0 Å². The predicted molar refractivity (Wildman–Crippen MR) is 115 cm³/mol. The molecule has 6 nitrogen and oxygen atoms in total. The van der Waals surface area contributed by atoms with Gasteiger partial charge in [0.2, 0.25) is 5.91 Å². The minimum absolute atomic E-state index is 0.0259. The zero-order valence-electron chi connectivity index (χ0n) is 17.6. The van der Waals surface area contributed by atoms with E-state index in [1.54, 1.807) is 12.1 Å². The van der Waals surface area contributed by atoms with Gasteiger partial charge in [-0.15, -0.1) is 0 Å². The Balaban J connectivity index is 1.30. The lowest BCUT2D eigenvalue weighted by atomic mass is 9.71. The number of nitrogens with zero attached hydrogens (tertiary/aromatic N) is 4. The molecule has 1 amide bonds. The highest BCUT2D eigenvalue weighted by molar-refractivity contribution is 5.79. The number of amides is 1. The highest BCUT2D eigenvalue weighted by Gasteiger charge is 2.56. The summed E-state index contributed by atoms with van der Waals surface area (Å²) in [5.74, 6) is 1.65. The van der Waals surface area contributed by atoms with Crippen LogP contribution >= 0.6 is 0 Å². The fourth-order valence-corrected chi connectivity index (χ4v) is 5.00. The van der Waals surface area contributed by atoms with Crippen molar-refractivity contribution in [2.75, 3.05) is 26.2 Å². The van der Waals surface area contributed by atoms with E-state index in [0.717, 1.165) is 36.8 Å². The van der Waals surface area contributed by atoms with Crippen LogP contribution in [-0.4, -0.2) is 57.1 Å². The molecule has 5 rings (SSSR count). The Morgan fingerprint density at radius 2 is 1.84 bits per heavy atom. The number of aromatic nitrogens is 3. The number of aromatic amines is 1. The summed E-state index contributed by atoms with van der Waals surface area (Å²) in [6, 6.07) is 16.6. The highest BCUT2D eigenvalue weighted by atomic mass is 19.1. The Morgan fingerprint density at radius 3 is 2.52 bits per heavy atom. The Morgan fingerprint density at radius 1 is 1.10 bits per heavy atom. The van der Waals surface area contributed by atoms with Crippen LogP contribution in [0.5, 0.6) is 0 Å². The molecule has 1 aromatic heterocycles. The summed E-state index contributed by atoms with van der Waals surface area (Å²) in [5, 5.41) is 7.44. The van der Waals surface area contributed by atoms with E-state index in [0.29, 0.717) is 19.5 Å². The van der Waals surface area contributed by atoms with E-state index in [2.05, 4.69) is 44.3 Å². The molecule has 2 aliphatic rings. The number of carbonyl (C=O) groups excluding carboxylic acids is 1. The largest absolute Gasteiger partial charge is 0.341 e. The van der Waals surface area contributed by atoms with E-state index >= 15 is 0 Å². The Labute approximate surface area is 181 Å². The molecule has 2 saturated heterocycles. The number of halogens is 1. The van der Waals surface area contributed by atoms with Crippen molar-refractivity contribution in [2.24, 2.45) is 5.41 Å². The summed E-state index contributed by atoms with van der Waals surface area (Å²) < 4.78 is 13.1. The fraction of sp³-hybridized carbons (Fsp3) is 0.375. The molecule has 31 heavy (non-hydrogen) atoms. The number of rotatable bonds is 5. The molecular weight excluding hydrogens is 393 g/mol. The van der Waals surface area contributed by atoms with E-state index in [4.69, 9.17) is 0 Å². The summed E-state index contributed by atoms with van der Waals surface area (Å²) in [6.45, 7) is 6.00. The normalized spacial score (nSPS) is 20.2. The van der Waals surface area contributed by atoms with Gasteiger partial charge in [-0.05, 0) is 30.2 Å². The minimum atomic E-state index is -0.284. The average molecular weight is 420 g/mol. The molecule has 1 unspecified atom stereocenters. The van der Waals surface area contributed by atoms with Crippen molar-refractivity contribution in [2.45, 2.75) is 25.8 Å². The SMILES string of the molecule is Cc1nc(C2CN(Cc3ccccc3)CC23CN(C(=O)Cc2ccc(F)cc2)C3)n[nH]1. The van der Waals surface area contributed by atoms with Crippen LogP contribution < -0.4 is 0 Å². The van der Waals surface area contributed by atoms with Crippen LogP contribution in [0.3, 0.4) is 0 Å². The smallest absolute Gasteiger partial charge is 0.227 e. The summed E-state index contributed by atoms with van der Waals surface area (Å²) in [7, 11) is 0. The fourth-order valence-electron chi connectivity index (χ4n) is 5.00. The number of carbonyl (C=O) groups is 1. The maximum Gasteiger partial charge on any atom is 0.227 e. The molecule has 0 radical (unpaired) electrons. The number of aryl methyl sites for hydroxylation is 1. The van der Waals surface area contributed by atoms with Crippen molar-refractivity contribution in [1.82, 2.24) is 25.0 Å². The quantitative estimate of drug-likeness (QED) is 0.691. The second kappa shape index (κ2) is 7.89.